The molecular formula is C8H14O6. The Morgan fingerprint density at radius 1 is 1.36 bits per heavy atom. The number of carboxylic acid groups (broad SMARTS) is 2. The Morgan fingerprint density at radius 3 is 2.14 bits per heavy atom. The highest BCUT2D eigenvalue weighted by Gasteiger charge is 2.38. The molecule has 0 bridgehead atoms. The number of aliphatic carboxylic acids is 2. The average Bonchev–Trinajstić information content (AvgIpc) is 1.99. The van der Waals surface area contributed by atoms with E-state index in [0.717, 1.165) is 0 Å². The van der Waals surface area contributed by atoms with Gasteiger partial charge in [-0.15, -0.1) is 0 Å². The van der Waals surface area contributed by atoms with Crippen molar-refractivity contribution in [2.75, 3.05) is 0 Å². The van der Waals surface area contributed by atoms with Crippen molar-refractivity contribution in [3.8, 4) is 0 Å². The van der Waals surface area contributed by atoms with Crippen LogP contribution in [0.5, 0.6) is 0 Å². The molecule has 3 N–H and O–H groups in total. The van der Waals surface area contributed by atoms with Gasteiger partial charge in [-0.2, -0.15) is 0 Å². The van der Waals surface area contributed by atoms with Crippen LogP contribution >= 0.6 is 0 Å². The van der Waals surface area contributed by atoms with Crippen molar-refractivity contribution in [3.05, 3.63) is 0 Å². The van der Waals surface area contributed by atoms with E-state index in [1.54, 1.807) is 13.8 Å². The first kappa shape index (κ1) is 12.9. The minimum Gasteiger partial charge on any atom is -0.481 e. The smallest absolute Gasteiger partial charge is 0.364 e. The fourth-order valence-electron chi connectivity index (χ4n) is 0.883. The molecule has 0 radical (unpaired) electrons. The Labute approximate surface area is 81.1 Å². The van der Waals surface area contributed by atoms with Crippen molar-refractivity contribution >= 4 is 11.9 Å². The zero-order chi connectivity index (χ0) is 11.4. The van der Waals surface area contributed by atoms with Gasteiger partial charge in [-0.3, -0.25) is 4.79 Å². The van der Waals surface area contributed by atoms with Crippen LogP contribution in [0, 0.1) is 0 Å². The van der Waals surface area contributed by atoms with Gasteiger partial charge in [-0.05, 0) is 13.8 Å². The summed E-state index contributed by atoms with van der Waals surface area (Å²) < 4.78 is 4.74. The third-order valence-electron chi connectivity index (χ3n) is 1.44. The molecule has 0 aliphatic rings. The van der Waals surface area contributed by atoms with E-state index >= 15 is 0 Å². The zero-order valence-electron chi connectivity index (χ0n) is 8.06. The van der Waals surface area contributed by atoms with Gasteiger partial charge in [-0.1, -0.05) is 0 Å². The lowest BCUT2D eigenvalue weighted by Gasteiger charge is -2.25. The van der Waals surface area contributed by atoms with Gasteiger partial charge in [-0.25, -0.2) is 4.79 Å². The van der Waals surface area contributed by atoms with Crippen LogP contribution in [0.2, 0.25) is 0 Å². The lowest BCUT2D eigenvalue weighted by molar-refractivity contribution is -0.238. The number of hydrogen-bond acceptors (Lipinski definition) is 4. The topological polar surface area (TPSA) is 104 Å². The number of carboxylic acids is 2. The fourth-order valence-corrected chi connectivity index (χ4v) is 0.883. The predicted molar refractivity (Wildman–Crippen MR) is 45.7 cm³/mol. The molecule has 0 spiro atoms. The minimum absolute atomic E-state index is 0.463. The van der Waals surface area contributed by atoms with Crippen LogP contribution in [0.1, 0.15) is 26.7 Å². The molecule has 0 aromatic rings. The number of ether oxygens (including phenoxy) is 1. The van der Waals surface area contributed by atoms with Crippen molar-refractivity contribution in [2.45, 2.75) is 38.6 Å². The molecule has 82 valence electrons. The molecule has 1 atom stereocenters. The van der Waals surface area contributed by atoms with Crippen LogP contribution in [-0.2, 0) is 14.3 Å². The summed E-state index contributed by atoms with van der Waals surface area (Å²) in [6.45, 7) is 3.10. The van der Waals surface area contributed by atoms with Gasteiger partial charge < -0.3 is 20.1 Å². The van der Waals surface area contributed by atoms with Crippen molar-refractivity contribution in [1.82, 2.24) is 0 Å². The van der Waals surface area contributed by atoms with Gasteiger partial charge in [0.05, 0.1) is 12.5 Å². The Hall–Kier alpha value is -1.14. The first-order chi connectivity index (χ1) is 6.28. The Bertz CT molecular complexity index is 224. The maximum absolute atomic E-state index is 10.6. The second-order valence-electron chi connectivity index (χ2n) is 3.15. The van der Waals surface area contributed by atoms with Crippen LogP contribution in [-0.4, -0.2) is 39.1 Å². The van der Waals surface area contributed by atoms with Crippen molar-refractivity contribution in [1.29, 1.82) is 0 Å². The van der Waals surface area contributed by atoms with Gasteiger partial charge in [0.15, 0.2) is 0 Å². The highest BCUT2D eigenvalue weighted by atomic mass is 16.7. The minimum atomic E-state index is -2.41. The quantitative estimate of drug-likeness (QED) is 0.530. The summed E-state index contributed by atoms with van der Waals surface area (Å²) in [5, 5.41) is 26.4. The molecule has 14 heavy (non-hydrogen) atoms. The molecule has 0 saturated heterocycles. The van der Waals surface area contributed by atoms with Crippen LogP contribution in [0.15, 0.2) is 0 Å². The summed E-state index contributed by atoms with van der Waals surface area (Å²) in [6.07, 6.45) is -1.43. The van der Waals surface area contributed by atoms with Crippen molar-refractivity contribution in [2.24, 2.45) is 0 Å². The summed E-state index contributed by atoms with van der Waals surface area (Å²) >= 11 is 0. The second-order valence-corrected chi connectivity index (χ2v) is 3.15. The van der Waals surface area contributed by atoms with Gasteiger partial charge in [0, 0.05) is 6.42 Å². The highest BCUT2D eigenvalue weighted by molar-refractivity contribution is 5.76. The van der Waals surface area contributed by atoms with E-state index in [4.69, 9.17) is 14.9 Å². The van der Waals surface area contributed by atoms with Crippen LogP contribution in [0.4, 0.5) is 0 Å². The van der Waals surface area contributed by atoms with Gasteiger partial charge in [0.2, 0.25) is 0 Å². The third-order valence-corrected chi connectivity index (χ3v) is 1.44. The normalized spacial score (nSPS) is 15.1. The first-order valence-electron chi connectivity index (χ1n) is 4.13. The highest BCUT2D eigenvalue weighted by Crippen LogP contribution is 2.17. The third kappa shape index (κ3) is 4.20. The van der Waals surface area contributed by atoms with Crippen LogP contribution in [0.25, 0.3) is 0 Å². The van der Waals surface area contributed by atoms with Crippen LogP contribution < -0.4 is 0 Å². The summed E-state index contributed by atoms with van der Waals surface area (Å²) in [6, 6.07) is 0. The largest absolute Gasteiger partial charge is 0.481 e. The molecule has 0 aromatic carbocycles. The molecule has 0 aliphatic carbocycles. The number of aliphatic hydroxyl groups is 1. The van der Waals surface area contributed by atoms with Gasteiger partial charge in [0.1, 0.15) is 0 Å². The SMILES string of the molecule is CC(C)OC(O)(CCC(=O)O)C(=O)O. The molecule has 0 fully saturated rings. The molecule has 1 unspecified atom stereocenters. The van der Waals surface area contributed by atoms with Crippen molar-refractivity contribution < 1.29 is 29.6 Å². The van der Waals surface area contributed by atoms with Crippen LogP contribution in [0.3, 0.4) is 0 Å². The van der Waals surface area contributed by atoms with E-state index < -0.39 is 36.7 Å². The summed E-state index contributed by atoms with van der Waals surface area (Å²) in [7, 11) is 0. The maximum Gasteiger partial charge on any atom is 0.364 e. The Kier molecular flexibility index (Phi) is 4.52. The average molecular weight is 206 g/mol. The molecule has 0 saturated carbocycles. The van der Waals surface area contributed by atoms with E-state index in [-0.39, 0.29) is 0 Å². The van der Waals surface area contributed by atoms with Gasteiger partial charge >= 0.3 is 11.9 Å². The van der Waals surface area contributed by atoms with Gasteiger partial charge in [0.25, 0.3) is 5.79 Å². The molecule has 6 nitrogen and oxygen atoms in total. The molecule has 0 rings (SSSR count). The number of hydrogen-bond donors (Lipinski definition) is 3. The maximum atomic E-state index is 10.6. The van der Waals surface area contributed by atoms with E-state index in [2.05, 4.69) is 0 Å². The summed E-state index contributed by atoms with van der Waals surface area (Å²) in [5.74, 6) is -5.17. The molecule has 0 aromatic heterocycles. The summed E-state index contributed by atoms with van der Waals surface area (Å²) in [4.78, 5) is 20.8. The molecule has 0 aliphatic heterocycles. The lowest BCUT2D eigenvalue weighted by atomic mass is 10.1. The molecule has 0 heterocycles. The first-order valence-corrected chi connectivity index (χ1v) is 4.13. The van der Waals surface area contributed by atoms with E-state index in [9.17, 15) is 14.7 Å². The molecular weight excluding hydrogens is 192 g/mol. The molecule has 6 heteroatoms. The van der Waals surface area contributed by atoms with E-state index in [1.165, 1.54) is 0 Å². The zero-order valence-corrected chi connectivity index (χ0v) is 8.06. The van der Waals surface area contributed by atoms with Crippen molar-refractivity contribution in [3.63, 3.8) is 0 Å². The fraction of sp³-hybridized carbons (Fsp3) is 0.750. The molecule has 0 amide bonds. The Morgan fingerprint density at radius 2 is 1.86 bits per heavy atom. The number of rotatable bonds is 6. The number of carbonyl (C=O) groups is 2. The van der Waals surface area contributed by atoms with E-state index in [1.807, 2.05) is 0 Å². The standard InChI is InChI=1S/C8H14O6/c1-5(2)14-8(13,7(11)12)4-3-6(9)10/h5,13H,3-4H2,1-2H3,(H,9,10)(H,11,12). The predicted octanol–water partition coefficient (Wildman–Crippen LogP) is 0.0494. The second kappa shape index (κ2) is 4.92. The Balaban J connectivity index is 4.39. The van der Waals surface area contributed by atoms with E-state index in [0.29, 0.717) is 0 Å². The summed E-state index contributed by atoms with van der Waals surface area (Å²) in [5.41, 5.74) is 0. The monoisotopic (exact) mass is 206 g/mol. The lowest BCUT2D eigenvalue weighted by Crippen LogP contribution is -2.43.